The maximum Gasteiger partial charge on any atom is 0.220 e. The molecule has 1 aromatic rings. The predicted molar refractivity (Wildman–Crippen MR) is 72.0 cm³/mol. The average molecular weight is 239 g/mol. The predicted octanol–water partition coefficient (Wildman–Crippen LogP) is 3.38. The van der Waals surface area contributed by atoms with Crippen molar-refractivity contribution in [2.45, 2.75) is 52.9 Å². The molecule has 0 aromatic heterocycles. The molecule has 0 aliphatic rings. The van der Waals surface area contributed by atoms with E-state index in [9.17, 15) is 4.79 Å². The van der Waals surface area contributed by atoms with Gasteiger partial charge in [-0.3, -0.25) is 4.79 Å². The molecule has 1 aromatic carbocycles. The van der Waals surface area contributed by atoms with Crippen LogP contribution in [-0.2, 0) is 6.42 Å². The van der Waals surface area contributed by atoms with E-state index in [4.69, 9.17) is 18.0 Å². The minimum Gasteiger partial charge on any atom is -0.395 e. The van der Waals surface area contributed by atoms with Crippen LogP contribution in [0.15, 0.2) is 4.79 Å². The standard InChI is InChI=1S/C13H21NOS/c1-13(2,3)8-6-4-5-7-9-10(14)11(15)12(9)16/h4-8,14H2,1-3H3. The molecular weight excluding hydrogens is 218 g/mol. The van der Waals surface area contributed by atoms with Crippen molar-refractivity contribution in [3.63, 3.8) is 0 Å². The van der Waals surface area contributed by atoms with Gasteiger partial charge < -0.3 is 5.73 Å². The molecule has 1 rings (SSSR count). The lowest BCUT2D eigenvalue weighted by atomic mass is 9.89. The molecule has 0 aliphatic carbocycles. The van der Waals surface area contributed by atoms with Crippen LogP contribution < -0.4 is 11.2 Å². The van der Waals surface area contributed by atoms with E-state index in [1.54, 1.807) is 0 Å². The fraction of sp³-hybridized carbons (Fsp3) is 0.692. The first-order chi connectivity index (χ1) is 7.33. The molecule has 16 heavy (non-hydrogen) atoms. The van der Waals surface area contributed by atoms with Crippen LogP contribution in [0.25, 0.3) is 0 Å². The van der Waals surface area contributed by atoms with E-state index in [1.807, 2.05) is 0 Å². The largest absolute Gasteiger partial charge is 0.395 e. The van der Waals surface area contributed by atoms with Crippen molar-refractivity contribution in [2.24, 2.45) is 5.41 Å². The van der Waals surface area contributed by atoms with Crippen molar-refractivity contribution < 1.29 is 0 Å². The zero-order valence-corrected chi connectivity index (χ0v) is 11.2. The Labute approximate surface area is 103 Å². The molecule has 0 amide bonds. The number of anilines is 1. The summed E-state index contributed by atoms with van der Waals surface area (Å²) in [5.74, 6) is 0. The zero-order valence-electron chi connectivity index (χ0n) is 10.4. The zero-order chi connectivity index (χ0) is 12.3. The first-order valence-electron chi connectivity index (χ1n) is 5.90. The number of nitrogens with two attached hydrogens (primary N) is 1. The third-order valence-corrected chi connectivity index (χ3v) is 3.34. The first-order valence-corrected chi connectivity index (χ1v) is 6.31. The molecule has 3 heteroatoms. The highest BCUT2D eigenvalue weighted by Crippen LogP contribution is 2.23. The Bertz CT molecular complexity index is 422. The molecule has 2 N–H and O–H groups in total. The van der Waals surface area contributed by atoms with E-state index < -0.39 is 0 Å². The maximum absolute atomic E-state index is 11.1. The van der Waals surface area contributed by atoms with Crippen molar-refractivity contribution in [3.8, 4) is 0 Å². The number of hydrogen-bond donors (Lipinski definition) is 1. The lowest BCUT2D eigenvalue weighted by Crippen LogP contribution is -2.19. The van der Waals surface area contributed by atoms with Crippen LogP contribution in [0.4, 0.5) is 5.69 Å². The summed E-state index contributed by atoms with van der Waals surface area (Å²) in [4.78, 5) is 11.1. The van der Waals surface area contributed by atoms with Gasteiger partial charge in [0.15, 0.2) is 0 Å². The van der Waals surface area contributed by atoms with Crippen molar-refractivity contribution in [2.75, 3.05) is 5.73 Å². The number of nitrogen functional groups attached to an aromatic ring is 1. The van der Waals surface area contributed by atoms with Crippen LogP contribution in [0.2, 0.25) is 0 Å². The van der Waals surface area contributed by atoms with Gasteiger partial charge in [-0.25, -0.2) is 0 Å². The van der Waals surface area contributed by atoms with Crippen LogP contribution >= 0.6 is 12.2 Å². The SMILES string of the molecule is CC(C)(C)CCCCCc1c(N)c(=O)c1=S. The van der Waals surface area contributed by atoms with Gasteiger partial charge in [0.25, 0.3) is 0 Å². The molecule has 90 valence electrons. The van der Waals surface area contributed by atoms with Gasteiger partial charge >= 0.3 is 0 Å². The smallest absolute Gasteiger partial charge is 0.220 e. The lowest BCUT2D eigenvalue weighted by Gasteiger charge is -2.17. The number of rotatable bonds is 5. The van der Waals surface area contributed by atoms with Crippen LogP contribution in [-0.4, -0.2) is 0 Å². The van der Waals surface area contributed by atoms with Crippen LogP contribution in [0.3, 0.4) is 0 Å². The quantitative estimate of drug-likeness (QED) is 0.632. The number of unbranched alkanes of at least 4 members (excludes halogenated alkanes) is 2. The van der Waals surface area contributed by atoms with Gasteiger partial charge in [0.05, 0.1) is 10.2 Å². The monoisotopic (exact) mass is 239 g/mol. The van der Waals surface area contributed by atoms with Crippen molar-refractivity contribution in [1.29, 1.82) is 0 Å². The fourth-order valence-electron chi connectivity index (χ4n) is 1.84. The summed E-state index contributed by atoms with van der Waals surface area (Å²) < 4.78 is 0.466. The topological polar surface area (TPSA) is 43.1 Å². The summed E-state index contributed by atoms with van der Waals surface area (Å²) >= 11 is 4.95. The third-order valence-electron chi connectivity index (χ3n) is 2.90. The molecule has 2 nitrogen and oxygen atoms in total. The maximum atomic E-state index is 11.1. The summed E-state index contributed by atoms with van der Waals surface area (Å²) in [5, 5.41) is 0. The molecule has 0 saturated carbocycles. The Kier molecular flexibility index (Phi) is 4.25. The number of hydrogen-bond acceptors (Lipinski definition) is 3. The Morgan fingerprint density at radius 1 is 1.19 bits per heavy atom. The van der Waals surface area contributed by atoms with Crippen molar-refractivity contribution >= 4 is 17.9 Å². The second-order valence-electron chi connectivity index (χ2n) is 5.67. The van der Waals surface area contributed by atoms with Gasteiger partial charge in [0.2, 0.25) is 5.43 Å². The average Bonchev–Trinajstić information content (AvgIpc) is 2.20. The second kappa shape index (κ2) is 5.09. The van der Waals surface area contributed by atoms with E-state index in [1.165, 1.54) is 19.3 Å². The van der Waals surface area contributed by atoms with Gasteiger partial charge in [-0.15, -0.1) is 0 Å². The van der Waals surface area contributed by atoms with Gasteiger partial charge in [0.1, 0.15) is 0 Å². The minimum absolute atomic E-state index is 0.125. The van der Waals surface area contributed by atoms with Crippen LogP contribution in [0, 0.1) is 9.93 Å². The molecule has 0 saturated heterocycles. The first kappa shape index (κ1) is 13.4. The minimum atomic E-state index is -0.125. The van der Waals surface area contributed by atoms with E-state index in [2.05, 4.69) is 20.8 Å². The lowest BCUT2D eigenvalue weighted by molar-refractivity contribution is 0.358. The second-order valence-corrected chi connectivity index (χ2v) is 6.08. The Balaban J connectivity index is 2.23. The Hall–Kier alpha value is -0.700. The van der Waals surface area contributed by atoms with Crippen molar-refractivity contribution in [1.82, 2.24) is 0 Å². The summed E-state index contributed by atoms with van der Waals surface area (Å²) in [5.41, 5.74) is 7.20. The molecular formula is C13H21NOS. The molecule has 0 unspecified atom stereocenters. The highest BCUT2D eigenvalue weighted by molar-refractivity contribution is 7.71. The van der Waals surface area contributed by atoms with Crippen LogP contribution in [0.5, 0.6) is 0 Å². The highest BCUT2D eigenvalue weighted by atomic mass is 32.1. The third kappa shape index (κ3) is 3.41. The van der Waals surface area contributed by atoms with Crippen LogP contribution in [0.1, 0.15) is 52.0 Å². The van der Waals surface area contributed by atoms with E-state index >= 15 is 0 Å². The van der Waals surface area contributed by atoms with Gasteiger partial charge in [-0.05, 0) is 24.7 Å². The molecule has 0 spiro atoms. The van der Waals surface area contributed by atoms with E-state index in [-0.39, 0.29) is 5.43 Å². The fourth-order valence-corrected chi connectivity index (χ4v) is 2.16. The van der Waals surface area contributed by atoms with Gasteiger partial charge in [0, 0.05) is 5.56 Å². The summed E-state index contributed by atoms with van der Waals surface area (Å²) in [7, 11) is 0. The normalized spacial score (nSPS) is 12.2. The van der Waals surface area contributed by atoms with Gasteiger partial charge in [-0.1, -0.05) is 45.8 Å². The molecule has 0 atom stereocenters. The molecule has 0 fully saturated rings. The Morgan fingerprint density at radius 2 is 1.81 bits per heavy atom. The highest BCUT2D eigenvalue weighted by Gasteiger charge is 2.14. The summed E-state index contributed by atoms with van der Waals surface area (Å²) in [6, 6.07) is 0. The van der Waals surface area contributed by atoms with E-state index in [0.717, 1.165) is 18.4 Å². The van der Waals surface area contributed by atoms with Crippen molar-refractivity contribution in [3.05, 3.63) is 20.3 Å². The molecule has 0 heterocycles. The molecule has 0 bridgehead atoms. The molecule has 0 radical (unpaired) electrons. The van der Waals surface area contributed by atoms with Gasteiger partial charge in [-0.2, -0.15) is 0 Å². The summed E-state index contributed by atoms with van der Waals surface area (Å²) in [6.45, 7) is 6.77. The summed E-state index contributed by atoms with van der Waals surface area (Å²) in [6.07, 6.45) is 5.62. The van der Waals surface area contributed by atoms with E-state index in [0.29, 0.717) is 15.6 Å². The molecule has 0 aliphatic heterocycles. The Morgan fingerprint density at radius 3 is 2.31 bits per heavy atom.